The molecular formula is C22H20ClN3O3. The average Bonchev–Trinajstić information content (AvgIpc) is 3.05. The van der Waals surface area contributed by atoms with Crippen LogP contribution in [0.5, 0.6) is 5.75 Å². The molecule has 29 heavy (non-hydrogen) atoms. The van der Waals surface area contributed by atoms with Gasteiger partial charge in [0, 0.05) is 23.3 Å². The lowest BCUT2D eigenvalue weighted by molar-refractivity contribution is 0.414. The molecule has 6 nitrogen and oxygen atoms in total. The molecule has 0 fully saturated rings. The third-order valence-corrected chi connectivity index (χ3v) is 5.34. The van der Waals surface area contributed by atoms with Gasteiger partial charge in [0.1, 0.15) is 5.75 Å². The van der Waals surface area contributed by atoms with Crippen LogP contribution < -0.4 is 15.9 Å². The Hall–Kier alpha value is -3.25. The van der Waals surface area contributed by atoms with Crippen LogP contribution in [0.3, 0.4) is 0 Å². The summed E-state index contributed by atoms with van der Waals surface area (Å²) in [6.45, 7) is 2.29. The van der Waals surface area contributed by atoms with E-state index in [4.69, 9.17) is 16.3 Å². The molecule has 0 aliphatic rings. The van der Waals surface area contributed by atoms with E-state index in [9.17, 15) is 9.59 Å². The Balaban J connectivity index is 1.72. The summed E-state index contributed by atoms with van der Waals surface area (Å²) in [5, 5.41) is 4.13. The van der Waals surface area contributed by atoms with Gasteiger partial charge in [-0.25, -0.2) is 4.68 Å². The van der Waals surface area contributed by atoms with E-state index in [0.717, 1.165) is 11.3 Å². The Kier molecular flexibility index (Phi) is 5.03. The van der Waals surface area contributed by atoms with E-state index in [1.807, 2.05) is 24.3 Å². The highest BCUT2D eigenvalue weighted by atomic mass is 35.5. The molecule has 1 N–H and O–H groups in total. The number of aryl methyl sites for hydroxylation is 2. The summed E-state index contributed by atoms with van der Waals surface area (Å²) < 4.78 is 8.25. The zero-order valence-electron chi connectivity index (χ0n) is 16.1. The molecule has 0 aliphatic carbocycles. The van der Waals surface area contributed by atoms with Gasteiger partial charge in [-0.2, -0.15) is 0 Å². The second-order valence-corrected chi connectivity index (χ2v) is 7.27. The first-order chi connectivity index (χ1) is 14.0. The van der Waals surface area contributed by atoms with Gasteiger partial charge in [0.2, 0.25) is 0 Å². The predicted octanol–water partition coefficient (Wildman–Crippen LogP) is 3.69. The molecule has 0 bridgehead atoms. The number of benzene rings is 2. The van der Waals surface area contributed by atoms with Gasteiger partial charge in [-0.1, -0.05) is 23.7 Å². The maximum absolute atomic E-state index is 13.0. The molecule has 0 saturated heterocycles. The standard InChI is InChI=1S/C22H20ClN3O3/c1-14-21-19(24-26(22(21)28)17-7-5-16(23)6-8-17)13-20(27)25(14)12-11-15-3-9-18(29-2)10-4-15/h3-10,13,24H,11-12H2,1-2H3. The fourth-order valence-corrected chi connectivity index (χ4v) is 3.62. The SMILES string of the molecule is COc1ccc(CCn2c(C)c3c(=O)n(-c4ccc(Cl)cc4)[nH]c3cc2=O)cc1. The van der Waals surface area contributed by atoms with Crippen molar-refractivity contribution in [3.8, 4) is 11.4 Å². The van der Waals surface area contributed by atoms with Crippen molar-refractivity contribution in [1.82, 2.24) is 14.3 Å². The van der Waals surface area contributed by atoms with Crippen LogP contribution in [0.1, 0.15) is 11.3 Å². The molecule has 0 amide bonds. The van der Waals surface area contributed by atoms with Crippen LogP contribution in [0.4, 0.5) is 0 Å². The van der Waals surface area contributed by atoms with E-state index >= 15 is 0 Å². The van der Waals surface area contributed by atoms with Crippen molar-refractivity contribution in [2.75, 3.05) is 7.11 Å². The summed E-state index contributed by atoms with van der Waals surface area (Å²) in [5.74, 6) is 0.790. The Morgan fingerprint density at radius 1 is 1.03 bits per heavy atom. The van der Waals surface area contributed by atoms with Gasteiger partial charge in [0.15, 0.2) is 0 Å². The summed E-state index contributed by atoms with van der Waals surface area (Å²) in [4.78, 5) is 25.7. The highest BCUT2D eigenvalue weighted by Gasteiger charge is 2.15. The number of fused-ring (bicyclic) bond motifs is 1. The summed E-state index contributed by atoms with van der Waals surface area (Å²) >= 11 is 5.94. The van der Waals surface area contributed by atoms with Gasteiger partial charge in [-0.05, 0) is 55.3 Å². The van der Waals surface area contributed by atoms with Crippen LogP contribution >= 0.6 is 11.6 Å². The Labute approximate surface area is 171 Å². The molecule has 0 spiro atoms. The Morgan fingerprint density at radius 3 is 2.38 bits per heavy atom. The molecule has 148 valence electrons. The van der Waals surface area contributed by atoms with Gasteiger partial charge >= 0.3 is 0 Å². The normalized spacial score (nSPS) is 11.1. The monoisotopic (exact) mass is 409 g/mol. The molecule has 2 heterocycles. The maximum Gasteiger partial charge on any atom is 0.280 e. The van der Waals surface area contributed by atoms with E-state index in [1.165, 1.54) is 10.7 Å². The van der Waals surface area contributed by atoms with E-state index in [1.54, 1.807) is 42.9 Å². The number of hydrogen-bond acceptors (Lipinski definition) is 3. The third-order valence-electron chi connectivity index (χ3n) is 5.09. The van der Waals surface area contributed by atoms with E-state index in [-0.39, 0.29) is 11.1 Å². The molecular weight excluding hydrogens is 390 g/mol. The minimum Gasteiger partial charge on any atom is -0.497 e. The second-order valence-electron chi connectivity index (χ2n) is 6.84. The number of pyridine rings is 1. The van der Waals surface area contributed by atoms with E-state index in [2.05, 4.69) is 5.10 Å². The number of aromatic nitrogens is 3. The number of H-pyrrole nitrogens is 1. The Morgan fingerprint density at radius 2 is 1.72 bits per heavy atom. The number of hydrogen-bond donors (Lipinski definition) is 1. The minimum atomic E-state index is -0.196. The van der Waals surface area contributed by atoms with Gasteiger partial charge in [-0.15, -0.1) is 0 Å². The van der Waals surface area contributed by atoms with Gasteiger partial charge < -0.3 is 9.30 Å². The van der Waals surface area contributed by atoms with Crippen molar-refractivity contribution in [3.63, 3.8) is 0 Å². The van der Waals surface area contributed by atoms with Crippen LogP contribution in [0.25, 0.3) is 16.6 Å². The maximum atomic E-state index is 13.0. The lowest BCUT2D eigenvalue weighted by Gasteiger charge is -2.10. The van der Waals surface area contributed by atoms with Crippen LogP contribution in [0, 0.1) is 6.92 Å². The minimum absolute atomic E-state index is 0.145. The zero-order valence-corrected chi connectivity index (χ0v) is 16.9. The number of rotatable bonds is 5. The molecule has 4 aromatic rings. The molecule has 0 unspecified atom stereocenters. The fourth-order valence-electron chi connectivity index (χ4n) is 3.49. The number of halogens is 1. The number of aromatic amines is 1. The first-order valence-electron chi connectivity index (χ1n) is 9.22. The lowest BCUT2D eigenvalue weighted by Crippen LogP contribution is -2.24. The number of nitrogens with zero attached hydrogens (tertiary/aromatic N) is 2. The third kappa shape index (κ3) is 3.59. The van der Waals surface area contributed by atoms with Gasteiger partial charge in [0.25, 0.3) is 11.1 Å². The van der Waals surface area contributed by atoms with Crippen molar-refractivity contribution in [2.24, 2.45) is 0 Å². The second kappa shape index (κ2) is 7.64. The zero-order chi connectivity index (χ0) is 20.5. The van der Waals surface area contributed by atoms with Crippen LogP contribution in [-0.4, -0.2) is 21.5 Å². The lowest BCUT2D eigenvalue weighted by atomic mass is 10.1. The highest BCUT2D eigenvalue weighted by molar-refractivity contribution is 6.30. The summed E-state index contributed by atoms with van der Waals surface area (Å²) in [6, 6.07) is 16.2. The summed E-state index contributed by atoms with van der Waals surface area (Å²) in [5.41, 5.74) is 2.58. The quantitative estimate of drug-likeness (QED) is 0.546. The largest absolute Gasteiger partial charge is 0.497 e. The van der Waals surface area contributed by atoms with Crippen molar-refractivity contribution < 1.29 is 4.74 Å². The molecule has 7 heteroatoms. The van der Waals surface area contributed by atoms with E-state index in [0.29, 0.717) is 40.3 Å². The van der Waals surface area contributed by atoms with Crippen molar-refractivity contribution in [3.05, 3.63) is 91.6 Å². The number of ether oxygens (including phenoxy) is 1. The number of methoxy groups -OCH3 is 1. The smallest absolute Gasteiger partial charge is 0.280 e. The first kappa shape index (κ1) is 19.1. The average molecular weight is 410 g/mol. The number of nitrogens with one attached hydrogen (secondary N) is 1. The molecule has 4 rings (SSSR count). The molecule has 0 saturated carbocycles. The summed E-state index contributed by atoms with van der Waals surface area (Å²) in [7, 11) is 1.63. The van der Waals surface area contributed by atoms with Crippen LogP contribution in [0.15, 0.2) is 64.2 Å². The topological polar surface area (TPSA) is 69.0 Å². The van der Waals surface area contributed by atoms with Crippen molar-refractivity contribution in [2.45, 2.75) is 19.9 Å². The molecule has 2 aromatic heterocycles. The van der Waals surface area contributed by atoms with Crippen LogP contribution in [0.2, 0.25) is 5.02 Å². The molecule has 0 aliphatic heterocycles. The predicted molar refractivity (Wildman–Crippen MR) is 115 cm³/mol. The van der Waals surface area contributed by atoms with Crippen LogP contribution in [-0.2, 0) is 13.0 Å². The highest BCUT2D eigenvalue weighted by Crippen LogP contribution is 2.17. The van der Waals surface area contributed by atoms with E-state index < -0.39 is 0 Å². The molecule has 2 aromatic carbocycles. The van der Waals surface area contributed by atoms with Crippen molar-refractivity contribution in [1.29, 1.82) is 0 Å². The molecule has 0 atom stereocenters. The Bertz CT molecular complexity index is 1280. The van der Waals surface area contributed by atoms with Crippen molar-refractivity contribution >= 4 is 22.5 Å². The van der Waals surface area contributed by atoms with Gasteiger partial charge in [0.05, 0.1) is 23.7 Å². The molecule has 0 radical (unpaired) electrons. The first-order valence-corrected chi connectivity index (χ1v) is 9.60. The van der Waals surface area contributed by atoms with Gasteiger partial charge in [-0.3, -0.25) is 14.7 Å². The fraction of sp³-hybridized carbons (Fsp3) is 0.182. The summed E-state index contributed by atoms with van der Waals surface area (Å²) in [6.07, 6.45) is 0.673.